The molecule has 0 atom stereocenters. The summed E-state index contributed by atoms with van der Waals surface area (Å²) in [4.78, 5) is -0.136. The quantitative estimate of drug-likeness (QED) is 0.880. The molecule has 0 bridgehead atoms. The van der Waals surface area contributed by atoms with Crippen molar-refractivity contribution in [3.8, 4) is 0 Å². The number of hydrogen-bond acceptors (Lipinski definition) is 3. The third-order valence-corrected chi connectivity index (χ3v) is 5.38. The van der Waals surface area contributed by atoms with E-state index in [-0.39, 0.29) is 16.0 Å². The third kappa shape index (κ3) is 2.59. The monoisotopic (exact) mass is 337 g/mol. The zero-order valence-corrected chi connectivity index (χ0v) is 11.9. The van der Waals surface area contributed by atoms with Gasteiger partial charge in [0.1, 0.15) is 5.82 Å². The fourth-order valence-electron chi connectivity index (χ4n) is 1.88. The van der Waals surface area contributed by atoms with Crippen molar-refractivity contribution in [1.29, 1.82) is 0 Å². The summed E-state index contributed by atoms with van der Waals surface area (Å²) in [6, 6.07) is 3.62. The predicted molar refractivity (Wildman–Crippen MR) is 68.1 cm³/mol. The number of halogens is 2. The summed E-state index contributed by atoms with van der Waals surface area (Å²) >= 11 is 2.97. The van der Waals surface area contributed by atoms with Gasteiger partial charge in [0, 0.05) is 0 Å². The van der Waals surface area contributed by atoms with Gasteiger partial charge in [0.05, 0.1) is 21.5 Å². The maximum atomic E-state index is 13.3. The lowest BCUT2D eigenvalue weighted by atomic mass is 9.78. The Labute approximate surface area is 113 Å². The zero-order chi connectivity index (χ0) is 13.4. The Morgan fingerprint density at radius 1 is 1.44 bits per heavy atom. The highest BCUT2D eigenvalue weighted by Crippen LogP contribution is 2.33. The molecule has 18 heavy (non-hydrogen) atoms. The minimum Gasteiger partial charge on any atom is -0.394 e. The van der Waals surface area contributed by atoms with Gasteiger partial charge in [-0.3, -0.25) is 0 Å². The number of rotatable bonds is 4. The maximum absolute atomic E-state index is 13.3. The molecule has 0 saturated heterocycles. The standard InChI is InChI=1S/C11H13BrFNO3S/c12-9-3-2-8(6-10(9)13)18(16,17)14-11(7-15)4-1-5-11/h2-3,6,14-15H,1,4-5,7H2. The predicted octanol–water partition coefficient (Wildman–Crippen LogP) is 1.78. The first-order valence-corrected chi connectivity index (χ1v) is 7.76. The van der Waals surface area contributed by atoms with Crippen molar-refractivity contribution < 1.29 is 17.9 Å². The number of hydrogen-bond donors (Lipinski definition) is 2. The van der Waals surface area contributed by atoms with Crippen molar-refractivity contribution in [2.75, 3.05) is 6.61 Å². The van der Waals surface area contributed by atoms with Crippen LogP contribution in [-0.4, -0.2) is 25.7 Å². The highest BCUT2D eigenvalue weighted by atomic mass is 79.9. The van der Waals surface area contributed by atoms with Gasteiger partial charge in [-0.25, -0.2) is 17.5 Å². The molecule has 0 amide bonds. The van der Waals surface area contributed by atoms with Crippen LogP contribution >= 0.6 is 15.9 Å². The Morgan fingerprint density at radius 3 is 2.56 bits per heavy atom. The number of sulfonamides is 1. The van der Waals surface area contributed by atoms with Crippen molar-refractivity contribution in [3.05, 3.63) is 28.5 Å². The van der Waals surface area contributed by atoms with E-state index in [4.69, 9.17) is 0 Å². The van der Waals surface area contributed by atoms with Crippen molar-refractivity contribution in [2.45, 2.75) is 29.7 Å². The molecule has 1 fully saturated rings. The highest BCUT2D eigenvalue weighted by Gasteiger charge is 2.40. The van der Waals surface area contributed by atoms with E-state index in [9.17, 15) is 17.9 Å². The van der Waals surface area contributed by atoms with Crippen LogP contribution in [0.1, 0.15) is 19.3 Å². The van der Waals surface area contributed by atoms with Crippen molar-refractivity contribution >= 4 is 26.0 Å². The van der Waals surface area contributed by atoms with Gasteiger partial charge < -0.3 is 5.11 Å². The zero-order valence-electron chi connectivity index (χ0n) is 9.49. The van der Waals surface area contributed by atoms with Crippen molar-refractivity contribution in [2.24, 2.45) is 0 Å². The van der Waals surface area contributed by atoms with Crippen molar-refractivity contribution in [1.82, 2.24) is 4.72 Å². The number of aliphatic hydroxyl groups is 1. The molecule has 0 aliphatic heterocycles. The molecular weight excluding hydrogens is 325 g/mol. The van der Waals surface area contributed by atoms with Crippen molar-refractivity contribution in [3.63, 3.8) is 0 Å². The van der Waals surface area contributed by atoms with Gasteiger partial charge in [0.15, 0.2) is 0 Å². The second-order valence-corrected chi connectivity index (χ2v) is 7.01. The SMILES string of the molecule is O=S(=O)(NC1(CO)CCC1)c1ccc(Br)c(F)c1. The van der Waals surface area contributed by atoms with Gasteiger partial charge in [-0.2, -0.15) is 0 Å². The van der Waals surface area contributed by atoms with Gasteiger partial charge in [0.2, 0.25) is 10.0 Å². The topological polar surface area (TPSA) is 66.4 Å². The summed E-state index contributed by atoms with van der Waals surface area (Å²) < 4.78 is 40.1. The van der Waals surface area contributed by atoms with E-state index >= 15 is 0 Å². The molecule has 4 nitrogen and oxygen atoms in total. The average Bonchev–Trinajstić information content (AvgIpc) is 2.27. The van der Waals surface area contributed by atoms with Crippen LogP contribution in [0.3, 0.4) is 0 Å². The van der Waals surface area contributed by atoms with E-state index in [0.29, 0.717) is 12.8 Å². The van der Waals surface area contributed by atoms with Gasteiger partial charge in [-0.05, 0) is 53.4 Å². The maximum Gasteiger partial charge on any atom is 0.241 e. The smallest absolute Gasteiger partial charge is 0.241 e. The summed E-state index contributed by atoms with van der Waals surface area (Å²) in [5.41, 5.74) is -0.775. The second kappa shape index (κ2) is 4.88. The fourth-order valence-corrected chi connectivity index (χ4v) is 3.59. The lowest BCUT2D eigenvalue weighted by Gasteiger charge is -2.40. The van der Waals surface area contributed by atoms with E-state index in [0.717, 1.165) is 12.5 Å². The van der Waals surface area contributed by atoms with E-state index in [2.05, 4.69) is 20.7 Å². The Morgan fingerprint density at radius 2 is 2.11 bits per heavy atom. The molecular formula is C11H13BrFNO3S. The van der Waals surface area contributed by atoms with Crippen LogP contribution in [0.5, 0.6) is 0 Å². The first-order chi connectivity index (χ1) is 8.38. The summed E-state index contributed by atoms with van der Waals surface area (Å²) in [6.45, 7) is -0.245. The summed E-state index contributed by atoms with van der Waals surface area (Å²) in [6.07, 6.45) is 2.07. The Bertz CT molecular complexity index is 552. The Hall–Kier alpha value is -0.500. The molecule has 1 aromatic carbocycles. The molecule has 100 valence electrons. The van der Waals surface area contributed by atoms with E-state index in [1.165, 1.54) is 12.1 Å². The van der Waals surface area contributed by atoms with Gasteiger partial charge >= 0.3 is 0 Å². The van der Waals surface area contributed by atoms with E-state index in [1.807, 2.05) is 0 Å². The summed E-state index contributed by atoms with van der Waals surface area (Å²) in [5, 5.41) is 9.24. The molecule has 0 aromatic heterocycles. The minimum atomic E-state index is -3.80. The normalized spacial score (nSPS) is 18.4. The summed E-state index contributed by atoms with van der Waals surface area (Å²) in [5.74, 6) is -0.635. The van der Waals surface area contributed by atoms with Crippen LogP contribution in [0, 0.1) is 5.82 Å². The molecule has 1 saturated carbocycles. The largest absolute Gasteiger partial charge is 0.394 e. The number of nitrogens with one attached hydrogen (secondary N) is 1. The molecule has 1 aliphatic carbocycles. The number of aliphatic hydroxyl groups excluding tert-OH is 1. The molecule has 2 N–H and O–H groups in total. The first-order valence-electron chi connectivity index (χ1n) is 5.48. The van der Waals surface area contributed by atoms with Gasteiger partial charge in [0.25, 0.3) is 0 Å². The lowest BCUT2D eigenvalue weighted by molar-refractivity contribution is 0.110. The second-order valence-electron chi connectivity index (χ2n) is 4.47. The molecule has 0 heterocycles. The van der Waals surface area contributed by atoms with Crippen LogP contribution < -0.4 is 4.72 Å². The van der Waals surface area contributed by atoms with Crippen LogP contribution in [0.2, 0.25) is 0 Å². The van der Waals surface area contributed by atoms with Crippen LogP contribution in [0.4, 0.5) is 4.39 Å². The Kier molecular flexibility index (Phi) is 3.77. The summed E-state index contributed by atoms with van der Waals surface area (Å²) in [7, 11) is -3.80. The van der Waals surface area contributed by atoms with E-state index < -0.39 is 21.4 Å². The minimum absolute atomic E-state index is 0.136. The van der Waals surface area contributed by atoms with E-state index in [1.54, 1.807) is 0 Å². The molecule has 1 aromatic rings. The molecule has 0 spiro atoms. The van der Waals surface area contributed by atoms with Crippen LogP contribution in [0.25, 0.3) is 0 Å². The van der Waals surface area contributed by atoms with Gasteiger partial charge in [-0.15, -0.1) is 0 Å². The fraction of sp³-hybridized carbons (Fsp3) is 0.455. The van der Waals surface area contributed by atoms with Crippen LogP contribution in [-0.2, 0) is 10.0 Å². The average molecular weight is 338 g/mol. The first kappa shape index (κ1) is 13.9. The third-order valence-electron chi connectivity index (χ3n) is 3.17. The number of benzene rings is 1. The van der Waals surface area contributed by atoms with Gasteiger partial charge in [-0.1, -0.05) is 0 Å². The highest BCUT2D eigenvalue weighted by molar-refractivity contribution is 9.10. The molecule has 7 heteroatoms. The molecule has 1 aliphatic rings. The van der Waals surface area contributed by atoms with Crippen LogP contribution in [0.15, 0.2) is 27.6 Å². The molecule has 0 radical (unpaired) electrons. The molecule has 2 rings (SSSR count). The lowest BCUT2D eigenvalue weighted by Crippen LogP contribution is -2.55. The Balaban J connectivity index is 2.28. The molecule has 0 unspecified atom stereocenters.